The Balaban J connectivity index is 1.94. The van der Waals surface area contributed by atoms with E-state index in [1.54, 1.807) is 36.4 Å². The lowest BCUT2D eigenvalue weighted by Crippen LogP contribution is -2.18. The number of ketones is 1. The fraction of sp³-hybridized carbons (Fsp3) is 0.190. The summed E-state index contributed by atoms with van der Waals surface area (Å²) in [6.07, 6.45) is 4.53. The Hall–Kier alpha value is -3.61. The second kappa shape index (κ2) is 7.96. The molecule has 0 amide bonds. The molecular weight excluding hydrogens is 360 g/mol. The van der Waals surface area contributed by atoms with Crippen molar-refractivity contribution in [2.75, 3.05) is 0 Å². The number of carbonyl (C=O) groups excluding carboxylic acids is 1. The van der Waals surface area contributed by atoms with Crippen molar-refractivity contribution in [3.05, 3.63) is 91.0 Å². The highest BCUT2D eigenvalue weighted by Gasteiger charge is 2.25. The fourth-order valence-corrected chi connectivity index (χ4v) is 3.32. The number of carbonyl (C=O) groups is 1. The molecule has 7 heteroatoms. The first-order valence-electron chi connectivity index (χ1n) is 8.78. The van der Waals surface area contributed by atoms with Crippen LogP contribution in [0.15, 0.2) is 59.7 Å². The molecule has 1 saturated carbocycles. The van der Waals surface area contributed by atoms with E-state index in [4.69, 9.17) is 0 Å². The van der Waals surface area contributed by atoms with E-state index in [0.717, 1.165) is 0 Å². The van der Waals surface area contributed by atoms with Crippen LogP contribution in [0.5, 0.6) is 0 Å². The number of hydrogen-bond donors (Lipinski definition) is 0. The van der Waals surface area contributed by atoms with Gasteiger partial charge in [-0.25, -0.2) is 0 Å². The van der Waals surface area contributed by atoms with Crippen molar-refractivity contribution in [2.24, 2.45) is 5.92 Å². The molecule has 0 heterocycles. The van der Waals surface area contributed by atoms with Crippen molar-refractivity contribution in [1.82, 2.24) is 0 Å². The molecule has 1 aliphatic carbocycles. The number of hydrogen-bond acceptors (Lipinski definition) is 5. The Kier molecular flexibility index (Phi) is 5.44. The van der Waals surface area contributed by atoms with Gasteiger partial charge in [-0.2, -0.15) is 0 Å². The SMILES string of the molecule is CC1C/C(=C/c2cccc([N+](=O)[O-])c2)C(=O)/C(=C/c2cccc([N+](=O)[O-])c2)C1. The molecule has 1 atom stereocenters. The minimum absolute atomic E-state index is 0.0296. The van der Waals surface area contributed by atoms with E-state index in [1.165, 1.54) is 24.3 Å². The molecule has 0 aromatic heterocycles. The third-order valence-electron chi connectivity index (χ3n) is 4.56. The molecule has 3 rings (SSSR count). The average molecular weight is 378 g/mol. The minimum atomic E-state index is -0.471. The van der Waals surface area contributed by atoms with E-state index in [1.807, 2.05) is 6.92 Å². The Morgan fingerprint density at radius 1 is 0.857 bits per heavy atom. The smallest absolute Gasteiger partial charge is 0.270 e. The van der Waals surface area contributed by atoms with Gasteiger partial charge < -0.3 is 0 Å². The molecule has 142 valence electrons. The second-order valence-electron chi connectivity index (χ2n) is 6.89. The highest BCUT2D eigenvalue weighted by atomic mass is 16.6. The van der Waals surface area contributed by atoms with Crippen molar-refractivity contribution in [3.8, 4) is 0 Å². The maximum absolute atomic E-state index is 12.9. The number of non-ortho nitro benzene ring substituents is 2. The van der Waals surface area contributed by atoms with Gasteiger partial charge >= 0.3 is 0 Å². The summed E-state index contributed by atoms with van der Waals surface area (Å²) in [4.78, 5) is 33.9. The van der Waals surface area contributed by atoms with Gasteiger partial charge in [0, 0.05) is 35.4 Å². The number of allylic oxidation sites excluding steroid dienone is 2. The summed E-state index contributed by atoms with van der Waals surface area (Å²) in [6.45, 7) is 2.02. The lowest BCUT2D eigenvalue weighted by Gasteiger charge is -2.22. The normalized spacial score (nSPS) is 19.8. The van der Waals surface area contributed by atoms with E-state index in [9.17, 15) is 25.0 Å². The van der Waals surface area contributed by atoms with Gasteiger partial charge in [0.2, 0.25) is 0 Å². The fourth-order valence-electron chi connectivity index (χ4n) is 3.32. The highest BCUT2D eigenvalue weighted by molar-refractivity contribution is 6.14. The lowest BCUT2D eigenvalue weighted by atomic mass is 9.81. The number of nitro groups is 2. The molecule has 0 spiro atoms. The highest BCUT2D eigenvalue weighted by Crippen LogP contribution is 2.32. The van der Waals surface area contributed by atoms with Gasteiger partial charge in [0.1, 0.15) is 0 Å². The summed E-state index contributed by atoms with van der Waals surface area (Å²) in [6, 6.07) is 12.3. The van der Waals surface area contributed by atoms with Crippen LogP contribution in [0.1, 0.15) is 30.9 Å². The van der Waals surface area contributed by atoms with Crippen LogP contribution in [0, 0.1) is 26.1 Å². The molecular formula is C21H18N2O5. The van der Waals surface area contributed by atoms with Crippen molar-refractivity contribution in [1.29, 1.82) is 0 Å². The first-order valence-corrected chi connectivity index (χ1v) is 8.78. The first-order chi connectivity index (χ1) is 13.3. The molecule has 7 nitrogen and oxygen atoms in total. The summed E-state index contributed by atoms with van der Waals surface area (Å²) in [5.41, 5.74) is 2.30. The first kappa shape index (κ1) is 19.2. The molecule has 0 bridgehead atoms. The van der Waals surface area contributed by atoms with Crippen LogP contribution in [0.4, 0.5) is 11.4 Å². The van der Waals surface area contributed by atoms with E-state index in [-0.39, 0.29) is 23.1 Å². The van der Waals surface area contributed by atoms with Crippen LogP contribution < -0.4 is 0 Å². The van der Waals surface area contributed by atoms with Crippen LogP contribution in [0.2, 0.25) is 0 Å². The molecule has 28 heavy (non-hydrogen) atoms. The largest absolute Gasteiger partial charge is 0.289 e. The van der Waals surface area contributed by atoms with Crippen LogP contribution in [-0.2, 0) is 4.79 Å². The Morgan fingerprint density at radius 2 is 1.29 bits per heavy atom. The predicted molar refractivity (Wildman–Crippen MR) is 106 cm³/mol. The molecule has 0 N–H and O–H groups in total. The average Bonchev–Trinajstić information content (AvgIpc) is 2.66. The summed E-state index contributed by atoms with van der Waals surface area (Å²) < 4.78 is 0. The number of rotatable bonds is 4. The number of nitrogens with zero attached hydrogens (tertiary/aromatic N) is 2. The van der Waals surface area contributed by atoms with Crippen molar-refractivity contribution < 1.29 is 14.6 Å². The Morgan fingerprint density at radius 3 is 1.68 bits per heavy atom. The maximum Gasteiger partial charge on any atom is 0.270 e. The zero-order chi connectivity index (χ0) is 20.3. The molecule has 0 radical (unpaired) electrons. The van der Waals surface area contributed by atoms with Crippen LogP contribution in [0.3, 0.4) is 0 Å². The molecule has 1 unspecified atom stereocenters. The summed E-state index contributed by atoms with van der Waals surface area (Å²) in [5.74, 6) is 0.0868. The summed E-state index contributed by atoms with van der Waals surface area (Å²) in [5, 5.41) is 21.9. The van der Waals surface area contributed by atoms with Gasteiger partial charge in [0.25, 0.3) is 11.4 Å². The summed E-state index contributed by atoms with van der Waals surface area (Å²) in [7, 11) is 0. The molecule has 0 aliphatic heterocycles. The van der Waals surface area contributed by atoms with Gasteiger partial charge in [0.05, 0.1) is 9.85 Å². The van der Waals surface area contributed by atoms with Crippen LogP contribution in [0.25, 0.3) is 12.2 Å². The molecule has 2 aromatic rings. The number of Topliss-reactive ketones (excluding diaryl/α,β-unsaturated/α-hetero) is 1. The standard InChI is InChI=1S/C21H18N2O5/c1-14-8-17(10-15-4-2-6-19(12-15)22(25)26)21(24)18(9-14)11-16-5-3-7-20(13-16)23(27)28/h2-7,10-14H,8-9H2,1H3/b17-10-,18-11+. The molecule has 2 aromatic carbocycles. The quantitative estimate of drug-likeness (QED) is 0.424. The Bertz CT molecular complexity index is 943. The number of benzene rings is 2. The van der Waals surface area contributed by atoms with Gasteiger partial charge in [-0.1, -0.05) is 31.2 Å². The monoisotopic (exact) mass is 378 g/mol. The zero-order valence-corrected chi connectivity index (χ0v) is 15.2. The Labute approximate surface area is 161 Å². The van der Waals surface area contributed by atoms with Gasteiger partial charge in [-0.15, -0.1) is 0 Å². The molecule has 1 fully saturated rings. The molecule has 0 saturated heterocycles. The summed E-state index contributed by atoms with van der Waals surface area (Å²) >= 11 is 0. The second-order valence-corrected chi connectivity index (χ2v) is 6.89. The zero-order valence-electron chi connectivity index (χ0n) is 15.2. The van der Waals surface area contributed by atoms with E-state index in [2.05, 4.69) is 0 Å². The topological polar surface area (TPSA) is 103 Å². The van der Waals surface area contributed by atoms with Gasteiger partial charge in [-0.3, -0.25) is 25.0 Å². The number of nitro benzene ring substituents is 2. The predicted octanol–water partition coefficient (Wildman–Crippen LogP) is 4.97. The lowest BCUT2D eigenvalue weighted by molar-refractivity contribution is -0.385. The third-order valence-corrected chi connectivity index (χ3v) is 4.56. The molecule has 1 aliphatic rings. The van der Waals surface area contributed by atoms with Crippen molar-refractivity contribution >= 4 is 29.3 Å². The van der Waals surface area contributed by atoms with Crippen molar-refractivity contribution in [3.63, 3.8) is 0 Å². The van der Waals surface area contributed by atoms with Gasteiger partial charge in [0.15, 0.2) is 5.78 Å². The van der Waals surface area contributed by atoms with E-state index in [0.29, 0.717) is 35.1 Å². The minimum Gasteiger partial charge on any atom is -0.289 e. The maximum atomic E-state index is 12.9. The van der Waals surface area contributed by atoms with Crippen molar-refractivity contribution in [2.45, 2.75) is 19.8 Å². The van der Waals surface area contributed by atoms with Gasteiger partial charge in [-0.05, 0) is 42.0 Å². The van der Waals surface area contributed by atoms with E-state index < -0.39 is 9.85 Å². The van der Waals surface area contributed by atoms with E-state index >= 15 is 0 Å². The van der Waals surface area contributed by atoms with Crippen LogP contribution in [-0.4, -0.2) is 15.6 Å². The van der Waals surface area contributed by atoms with Crippen LogP contribution >= 0.6 is 0 Å². The third kappa shape index (κ3) is 4.37.